The first kappa shape index (κ1) is 15.3. The summed E-state index contributed by atoms with van der Waals surface area (Å²) in [4.78, 5) is 24.3. The molecular weight excluding hydrogens is 270 g/mol. The lowest BCUT2D eigenvalue weighted by Gasteiger charge is -2.18. The SMILES string of the molecule is CCN(CC)C(=O)COc1ccc(Cl)c(C(=O)O)c1. The van der Waals surface area contributed by atoms with Crippen molar-refractivity contribution < 1.29 is 19.4 Å². The predicted octanol–water partition coefficient (Wildman–Crippen LogP) is 2.29. The second-order valence-corrected chi connectivity index (χ2v) is 4.21. The van der Waals surface area contributed by atoms with Crippen LogP contribution in [0.3, 0.4) is 0 Å². The Balaban J connectivity index is 2.71. The second-order valence-electron chi connectivity index (χ2n) is 3.80. The summed E-state index contributed by atoms with van der Waals surface area (Å²) in [6.45, 7) is 4.86. The molecule has 0 atom stereocenters. The summed E-state index contributed by atoms with van der Waals surface area (Å²) >= 11 is 5.74. The molecule has 0 aliphatic carbocycles. The molecule has 1 aromatic rings. The normalized spacial score (nSPS) is 10.1. The highest BCUT2D eigenvalue weighted by atomic mass is 35.5. The Morgan fingerprint density at radius 1 is 1.32 bits per heavy atom. The molecule has 0 spiro atoms. The number of carbonyl (C=O) groups excluding carboxylic acids is 1. The molecule has 0 aromatic heterocycles. The fourth-order valence-corrected chi connectivity index (χ4v) is 1.77. The molecule has 1 amide bonds. The van der Waals surface area contributed by atoms with Gasteiger partial charge in [-0.3, -0.25) is 4.79 Å². The van der Waals surface area contributed by atoms with Gasteiger partial charge in [-0.25, -0.2) is 4.79 Å². The number of nitrogens with zero attached hydrogens (tertiary/aromatic N) is 1. The zero-order valence-corrected chi connectivity index (χ0v) is 11.6. The lowest BCUT2D eigenvalue weighted by molar-refractivity contribution is -0.132. The average Bonchev–Trinajstić information content (AvgIpc) is 2.38. The van der Waals surface area contributed by atoms with E-state index in [0.29, 0.717) is 18.8 Å². The van der Waals surface area contributed by atoms with E-state index in [2.05, 4.69) is 0 Å². The molecule has 0 unspecified atom stereocenters. The predicted molar refractivity (Wildman–Crippen MR) is 71.8 cm³/mol. The topological polar surface area (TPSA) is 66.8 Å². The van der Waals surface area contributed by atoms with Gasteiger partial charge in [0.1, 0.15) is 5.75 Å². The molecule has 1 rings (SSSR count). The van der Waals surface area contributed by atoms with Crippen LogP contribution in [0.4, 0.5) is 0 Å². The average molecular weight is 286 g/mol. The summed E-state index contributed by atoms with van der Waals surface area (Å²) in [5.74, 6) is -0.968. The number of hydrogen-bond donors (Lipinski definition) is 1. The van der Waals surface area contributed by atoms with Gasteiger partial charge >= 0.3 is 5.97 Å². The van der Waals surface area contributed by atoms with Gasteiger partial charge in [0.2, 0.25) is 0 Å². The quantitative estimate of drug-likeness (QED) is 0.871. The third-order valence-electron chi connectivity index (χ3n) is 2.65. The van der Waals surface area contributed by atoms with Crippen molar-refractivity contribution in [3.05, 3.63) is 28.8 Å². The second kappa shape index (κ2) is 6.99. The van der Waals surface area contributed by atoms with Crippen LogP contribution in [-0.2, 0) is 4.79 Å². The van der Waals surface area contributed by atoms with Crippen molar-refractivity contribution in [3.8, 4) is 5.75 Å². The summed E-state index contributed by atoms with van der Waals surface area (Å²) < 4.78 is 5.29. The molecule has 0 saturated heterocycles. The van der Waals surface area contributed by atoms with Crippen LogP contribution in [0.5, 0.6) is 5.75 Å². The van der Waals surface area contributed by atoms with E-state index in [1.165, 1.54) is 18.2 Å². The lowest BCUT2D eigenvalue weighted by atomic mass is 10.2. The maximum atomic E-state index is 11.7. The molecular formula is C13H16ClNO4. The third-order valence-corrected chi connectivity index (χ3v) is 2.98. The number of benzene rings is 1. The maximum absolute atomic E-state index is 11.7. The number of aromatic carboxylic acids is 1. The molecule has 0 heterocycles. The summed E-state index contributed by atoms with van der Waals surface area (Å²) in [7, 11) is 0. The minimum Gasteiger partial charge on any atom is -0.484 e. The van der Waals surface area contributed by atoms with Crippen LogP contribution >= 0.6 is 11.6 Å². The van der Waals surface area contributed by atoms with E-state index < -0.39 is 5.97 Å². The maximum Gasteiger partial charge on any atom is 0.337 e. The molecule has 1 aromatic carbocycles. The van der Waals surface area contributed by atoms with Crippen molar-refractivity contribution in [2.75, 3.05) is 19.7 Å². The molecule has 19 heavy (non-hydrogen) atoms. The van der Waals surface area contributed by atoms with E-state index in [0.717, 1.165) is 0 Å². The first-order chi connectivity index (χ1) is 8.99. The molecule has 0 radical (unpaired) electrons. The number of carboxylic acid groups (broad SMARTS) is 1. The van der Waals surface area contributed by atoms with Crippen molar-refractivity contribution >= 4 is 23.5 Å². The van der Waals surface area contributed by atoms with Gasteiger partial charge in [0.25, 0.3) is 5.91 Å². The number of amides is 1. The Morgan fingerprint density at radius 2 is 1.95 bits per heavy atom. The van der Waals surface area contributed by atoms with Gasteiger partial charge in [-0.1, -0.05) is 11.6 Å². The lowest BCUT2D eigenvalue weighted by Crippen LogP contribution is -2.34. The largest absolute Gasteiger partial charge is 0.484 e. The third kappa shape index (κ3) is 4.13. The molecule has 1 N–H and O–H groups in total. The standard InChI is InChI=1S/C13H16ClNO4/c1-3-15(4-2)12(16)8-19-9-5-6-11(14)10(7-9)13(17)18/h5-7H,3-4,8H2,1-2H3,(H,17,18). The van der Waals surface area contributed by atoms with Crippen molar-refractivity contribution in [2.24, 2.45) is 0 Å². The van der Waals surface area contributed by atoms with Crippen molar-refractivity contribution in [1.29, 1.82) is 0 Å². The summed E-state index contributed by atoms with van der Waals surface area (Å²) in [5, 5.41) is 9.05. The molecule has 0 fully saturated rings. The first-order valence-electron chi connectivity index (χ1n) is 5.93. The van der Waals surface area contributed by atoms with E-state index >= 15 is 0 Å². The van der Waals surface area contributed by atoms with Crippen LogP contribution in [0.2, 0.25) is 5.02 Å². The monoisotopic (exact) mass is 285 g/mol. The molecule has 104 valence electrons. The van der Waals surface area contributed by atoms with Gasteiger partial charge in [-0.05, 0) is 32.0 Å². The van der Waals surface area contributed by atoms with Crippen LogP contribution < -0.4 is 4.74 Å². The van der Waals surface area contributed by atoms with Crippen molar-refractivity contribution in [3.63, 3.8) is 0 Å². The van der Waals surface area contributed by atoms with E-state index in [1.54, 1.807) is 4.90 Å². The number of rotatable bonds is 6. The molecule has 0 saturated carbocycles. The Kier molecular flexibility index (Phi) is 5.63. The number of likely N-dealkylation sites (N-methyl/N-ethyl adjacent to an activating group) is 1. The van der Waals surface area contributed by atoms with Crippen LogP contribution in [-0.4, -0.2) is 41.6 Å². The fraction of sp³-hybridized carbons (Fsp3) is 0.385. The number of halogens is 1. The van der Waals surface area contributed by atoms with Gasteiger partial charge in [-0.15, -0.1) is 0 Å². The Labute approximate surface area is 116 Å². The molecule has 6 heteroatoms. The smallest absolute Gasteiger partial charge is 0.337 e. The van der Waals surface area contributed by atoms with Gasteiger partial charge < -0.3 is 14.7 Å². The number of carbonyl (C=O) groups is 2. The summed E-state index contributed by atoms with van der Waals surface area (Å²) in [5.41, 5.74) is -0.0468. The summed E-state index contributed by atoms with van der Waals surface area (Å²) in [6, 6.07) is 4.27. The van der Waals surface area contributed by atoms with Crippen LogP contribution in [0.25, 0.3) is 0 Å². The van der Waals surface area contributed by atoms with E-state index in [4.69, 9.17) is 21.4 Å². The van der Waals surface area contributed by atoms with Crippen LogP contribution in [0, 0.1) is 0 Å². The minimum absolute atomic E-state index is 0.0468. The number of hydrogen-bond acceptors (Lipinski definition) is 3. The number of carboxylic acids is 1. The van der Waals surface area contributed by atoms with E-state index in [1.807, 2.05) is 13.8 Å². The zero-order valence-electron chi connectivity index (χ0n) is 10.9. The highest BCUT2D eigenvalue weighted by molar-refractivity contribution is 6.33. The fourth-order valence-electron chi connectivity index (χ4n) is 1.57. The van der Waals surface area contributed by atoms with E-state index in [9.17, 15) is 9.59 Å². The van der Waals surface area contributed by atoms with Gasteiger partial charge in [0.15, 0.2) is 6.61 Å². The number of ether oxygens (including phenoxy) is 1. The van der Waals surface area contributed by atoms with Crippen LogP contribution in [0.15, 0.2) is 18.2 Å². The molecule has 0 aliphatic heterocycles. The Hall–Kier alpha value is -1.75. The van der Waals surface area contributed by atoms with Crippen molar-refractivity contribution in [2.45, 2.75) is 13.8 Å². The first-order valence-corrected chi connectivity index (χ1v) is 6.30. The zero-order chi connectivity index (χ0) is 14.4. The van der Waals surface area contributed by atoms with Crippen molar-refractivity contribution in [1.82, 2.24) is 4.90 Å². The molecule has 0 aliphatic rings. The van der Waals surface area contributed by atoms with Gasteiger partial charge in [0.05, 0.1) is 10.6 Å². The molecule has 5 nitrogen and oxygen atoms in total. The van der Waals surface area contributed by atoms with E-state index in [-0.39, 0.29) is 23.1 Å². The highest BCUT2D eigenvalue weighted by Crippen LogP contribution is 2.22. The van der Waals surface area contributed by atoms with Gasteiger partial charge in [-0.2, -0.15) is 0 Å². The Morgan fingerprint density at radius 3 is 2.47 bits per heavy atom. The van der Waals surface area contributed by atoms with Gasteiger partial charge in [0, 0.05) is 13.1 Å². The minimum atomic E-state index is -1.13. The molecule has 0 bridgehead atoms. The van der Waals surface area contributed by atoms with Crippen LogP contribution in [0.1, 0.15) is 24.2 Å². The highest BCUT2D eigenvalue weighted by Gasteiger charge is 2.13. The summed E-state index contributed by atoms with van der Waals surface area (Å²) in [6.07, 6.45) is 0. The Bertz CT molecular complexity index is 472.